The van der Waals surface area contributed by atoms with Crippen molar-refractivity contribution in [2.75, 3.05) is 0 Å². The van der Waals surface area contributed by atoms with Gasteiger partial charge in [-0.05, 0) is 78.7 Å². The van der Waals surface area contributed by atoms with Gasteiger partial charge in [0.25, 0.3) is 5.91 Å². The molecule has 4 nitrogen and oxygen atoms in total. The van der Waals surface area contributed by atoms with Gasteiger partial charge in [0.1, 0.15) is 18.1 Å². The maximum Gasteiger partial charge on any atom is 0.273 e. The molecule has 0 aromatic heterocycles. The number of ether oxygens (including phenoxy) is 1. The van der Waals surface area contributed by atoms with Crippen LogP contribution in [0.25, 0.3) is 6.08 Å². The van der Waals surface area contributed by atoms with E-state index in [1.165, 1.54) is 0 Å². The van der Waals surface area contributed by atoms with E-state index >= 15 is 0 Å². The van der Waals surface area contributed by atoms with Crippen molar-refractivity contribution in [3.63, 3.8) is 0 Å². The highest BCUT2D eigenvalue weighted by Gasteiger charge is 2.20. The smallest absolute Gasteiger partial charge is 0.273 e. The standard InChI is InChI=1S/C19H16Cl2N2O2S/c1-10-5-13(8-16-18(24)23-19(26)22-16)6-11(2)17(10)25-9-12-3-4-14(20)15(21)7-12/h3-8H,9H2,1-2H3,(H2,22,23,24,26)/b16-8+. The van der Waals surface area contributed by atoms with Gasteiger partial charge >= 0.3 is 0 Å². The average molecular weight is 407 g/mol. The zero-order valence-electron chi connectivity index (χ0n) is 14.2. The first-order valence-electron chi connectivity index (χ1n) is 7.85. The highest BCUT2D eigenvalue weighted by Crippen LogP contribution is 2.28. The van der Waals surface area contributed by atoms with E-state index in [0.29, 0.717) is 27.5 Å². The van der Waals surface area contributed by atoms with Crippen molar-refractivity contribution in [1.82, 2.24) is 10.6 Å². The molecule has 1 heterocycles. The van der Waals surface area contributed by atoms with Crippen molar-refractivity contribution in [2.24, 2.45) is 0 Å². The molecule has 1 aliphatic rings. The van der Waals surface area contributed by atoms with E-state index < -0.39 is 0 Å². The predicted molar refractivity (Wildman–Crippen MR) is 109 cm³/mol. The molecular formula is C19H16Cl2N2O2S. The van der Waals surface area contributed by atoms with Crippen molar-refractivity contribution in [1.29, 1.82) is 0 Å². The number of rotatable bonds is 4. The van der Waals surface area contributed by atoms with E-state index in [9.17, 15) is 4.79 Å². The minimum atomic E-state index is -0.231. The molecule has 0 bridgehead atoms. The summed E-state index contributed by atoms with van der Waals surface area (Å²) in [6, 6.07) is 9.34. The highest BCUT2D eigenvalue weighted by molar-refractivity contribution is 7.80. The van der Waals surface area contributed by atoms with E-state index in [1.54, 1.807) is 18.2 Å². The van der Waals surface area contributed by atoms with Crippen LogP contribution in [0.15, 0.2) is 36.0 Å². The van der Waals surface area contributed by atoms with Gasteiger partial charge in [-0.25, -0.2) is 0 Å². The quantitative estimate of drug-likeness (QED) is 0.578. The number of aryl methyl sites for hydroxylation is 2. The predicted octanol–water partition coefficient (Wildman–Crippen LogP) is 4.53. The van der Waals surface area contributed by atoms with Gasteiger partial charge in [-0.3, -0.25) is 10.1 Å². The molecule has 26 heavy (non-hydrogen) atoms. The Hall–Kier alpha value is -2.08. The van der Waals surface area contributed by atoms with Crippen LogP contribution in [-0.2, 0) is 11.4 Å². The van der Waals surface area contributed by atoms with Gasteiger partial charge in [0.2, 0.25) is 0 Å². The molecule has 0 radical (unpaired) electrons. The summed E-state index contributed by atoms with van der Waals surface area (Å²) in [6.07, 6.45) is 1.76. The summed E-state index contributed by atoms with van der Waals surface area (Å²) in [4.78, 5) is 11.8. The highest BCUT2D eigenvalue weighted by atomic mass is 35.5. The van der Waals surface area contributed by atoms with Gasteiger partial charge < -0.3 is 10.1 Å². The topological polar surface area (TPSA) is 50.4 Å². The molecule has 0 unspecified atom stereocenters. The molecule has 2 N–H and O–H groups in total. The van der Waals surface area contributed by atoms with Gasteiger partial charge in [-0.2, -0.15) is 0 Å². The lowest BCUT2D eigenvalue weighted by molar-refractivity contribution is -0.115. The fourth-order valence-electron chi connectivity index (χ4n) is 2.73. The van der Waals surface area contributed by atoms with E-state index in [4.69, 9.17) is 40.2 Å². The van der Waals surface area contributed by atoms with Crippen LogP contribution < -0.4 is 15.4 Å². The Bertz CT molecular complexity index is 918. The summed E-state index contributed by atoms with van der Waals surface area (Å²) in [7, 11) is 0. The lowest BCUT2D eigenvalue weighted by Crippen LogP contribution is -2.21. The first-order valence-corrected chi connectivity index (χ1v) is 9.02. The van der Waals surface area contributed by atoms with E-state index in [0.717, 1.165) is 28.0 Å². The number of hydrogen-bond acceptors (Lipinski definition) is 3. The molecule has 2 aromatic carbocycles. The number of hydrogen-bond donors (Lipinski definition) is 2. The number of halogens is 2. The van der Waals surface area contributed by atoms with Gasteiger partial charge in [0.05, 0.1) is 10.0 Å². The molecule has 0 spiro atoms. The molecule has 0 saturated carbocycles. The summed E-state index contributed by atoms with van der Waals surface area (Å²) >= 11 is 16.9. The summed E-state index contributed by atoms with van der Waals surface area (Å²) in [5, 5.41) is 6.72. The van der Waals surface area contributed by atoms with Crippen LogP contribution in [0.5, 0.6) is 5.75 Å². The second kappa shape index (κ2) is 7.66. The van der Waals surface area contributed by atoms with Gasteiger partial charge in [0, 0.05) is 0 Å². The van der Waals surface area contributed by atoms with E-state index in [1.807, 2.05) is 32.0 Å². The average Bonchev–Trinajstić information content (AvgIpc) is 2.87. The normalized spacial score (nSPS) is 15.2. The minimum absolute atomic E-state index is 0.231. The molecule has 134 valence electrons. The molecule has 0 aliphatic carbocycles. The molecule has 1 aliphatic heterocycles. The summed E-state index contributed by atoms with van der Waals surface area (Å²) in [5.74, 6) is 0.572. The second-order valence-electron chi connectivity index (χ2n) is 5.99. The molecule has 1 amide bonds. The van der Waals surface area contributed by atoms with Crippen molar-refractivity contribution in [3.8, 4) is 5.75 Å². The third kappa shape index (κ3) is 4.18. The molecule has 3 rings (SSSR count). The second-order valence-corrected chi connectivity index (χ2v) is 7.21. The van der Waals surface area contributed by atoms with Crippen molar-refractivity contribution in [3.05, 3.63) is 68.3 Å². The molecule has 1 fully saturated rings. The summed E-state index contributed by atoms with van der Waals surface area (Å²) < 4.78 is 5.97. The Morgan fingerprint density at radius 1 is 1.08 bits per heavy atom. The zero-order valence-corrected chi connectivity index (χ0v) is 16.5. The van der Waals surface area contributed by atoms with Crippen LogP contribution in [0.2, 0.25) is 10.0 Å². The Balaban J connectivity index is 1.79. The zero-order chi connectivity index (χ0) is 18.8. The van der Waals surface area contributed by atoms with Crippen molar-refractivity contribution < 1.29 is 9.53 Å². The van der Waals surface area contributed by atoms with Gasteiger partial charge in [-0.15, -0.1) is 0 Å². The Morgan fingerprint density at radius 3 is 2.35 bits per heavy atom. The monoisotopic (exact) mass is 406 g/mol. The number of thiocarbonyl (C=S) groups is 1. The number of amides is 1. The van der Waals surface area contributed by atoms with Crippen LogP contribution in [-0.4, -0.2) is 11.0 Å². The van der Waals surface area contributed by atoms with Crippen molar-refractivity contribution >= 4 is 52.5 Å². The largest absolute Gasteiger partial charge is 0.488 e. The fourth-order valence-corrected chi connectivity index (χ4v) is 3.25. The number of carbonyl (C=O) groups is 1. The van der Waals surface area contributed by atoms with Crippen LogP contribution in [0.3, 0.4) is 0 Å². The third-order valence-electron chi connectivity index (χ3n) is 3.88. The lowest BCUT2D eigenvalue weighted by Gasteiger charge is -2.14. The number of benzene rings is 2. The Morgan fingerprint density at radius 2 is 1.77 bits per heavy atom. The Kier molecular flexibility index (Phi) is 5.51. The van der Waals surface area contributed by atoms with Crippen LogP contribution >= 0.6 is 35.4 Å². The first-order chi connectivity index (χ1) is 12.3. The summed E-state index contributed by atoms with van der Waals surface area (Å²) in [5.41, 5.74) is 4.20. The fraction of sp³-hybridized carbons (Fsp3) is 0.158. The van der Waals surface area contributed by atoms with E-state index in [2.05, 4.69) is 10.6 Å². The SMILES string of the molecule is Cc1cc(/C=C2/NC(=S)NC2=O)cc(C)c1OCc1ccc(Cl)c(Cl)c1. The Labute approximate surface area is 167 Å². The number of carbonyl (C=O) groups excluding carboxylic acids is 1. The maximum atomic E-state index is 11.8. The van der Waals surface area contributed by atoms with Crippen molar-refractivity contribution in [2.45, 2.75) is 20.5 Å². The molecule has 1 saturated heterocycles. The molecular weight excluding hydrogens is 391 g/mol. The molecule has 0 atom stereocenters. The lowest BCUT2D eigenvalue weighted by atomic mass is 10.0. The maximum absolute atomic E-state index is 11.8. The molecule has 2 aromatic rings. The minimum Gasteiger partial charge on any atom is -0.488 e. The molecule has 7 heteroatoms. The van der Waals surface area contributed by atoms with Gasteiger partial charge in [-0.1, -0.05) is 29.3 Å². The number of nitrogens with one attached hydrogen (secondary N) is 2. The van der Waals surface area contributed by atoms with Crippen LogP contribution in [0.4, 0.5) is 0 Å². The first kappa shape index (κ1) is 18.7. The van der Waals surface area contributed by atoms with E-state index in [-0.39, 0.29) is 5.91 Å². The third-order valence-corrected chi connectivity index (χ3v) is 4.82. The van der Waals surface area contributed by atoms with Crippen LogP contribution in [0, 0.1) is 13.8 Å². The van der Waals surface area contributed by atoms with Gasteiger partial charge in [0.15, 0.2) is 5.11 Å². The summed E-state index contributed by atoms with van der Waals surface area (Å²) in [6.45, 7) is 4.31. The van der Waals surface area contributed by atoms with Crippen LogP contribution in [0.1, 0.15) is 22.3 Å².